The number of esters is 1. The number of methoxy groups -OCH3 is 2. The number of amides is 1. The molecule has 2 heterocycles. The van der Waals surface area contributed by atoms with Gasteiger partial charge in [-0.1, -0.05) is 18.2 Å². The van der Waals surface area contributed by atoms with Crippen LogP contribution in [0.1, 0.15) is 12.8 Å². The molecule has 0 bridgehead atoms. The average Bonchev–Trinajstić information content (AvgIpc) is 3.10. The summed E-state index contributed by atoms with van der Waals surface area (Å²) < 4.78 is 16.2. The van der Waals surface area contributed by atoms with E-state index in [1.807, 2.05) is 36.4 Å². The molecule has 0 atom stereocenters. The van der Waals surface area contributed by atoms with E-state index in [0.29, 0.717) is 23.6 Å². The number of piperidine rings is 1. The third-order valence-electron chi connectivity index (χ3n) is 5.61. The molecule has 152 valence electrons. The molecule has 4 rings (SSSR count). The molecule has 0 spiro atoms. The number of nitrogens with one attached hydrogen (secondary N) is 2. The molecule has 7 heteroatoms. The van der Waals surface area contributed by atoms with Crippen molar-refractivity contribution in [2.75, 3.05) is 39.2 Å². The molecule has 1 fully saturated rings. The third kappa shape index (κ3) is 3.91. The maximum atomic E-state index is 12.6. The Balaban J connectivity index is 1.46. The fourth-order valence-electron chi connectivity index (χ4n) is 4.04. The number of carbonyl (C=O) groups excluding carboxylic acids is 2. The average molecular weight is 397 g/mol. The summed E-state index contributed by atoms with van der Waals surface area (Å²) in [5.74, 6) is 0.293. The zero-order valence-electron chi connectivity index (χ0n) is 16.6. The second-order valence-corrected chi connectivity index (χ2v) is 7.42. The molecular formula is C22H25N2O5+. The fraction of sp³-hybridized carbons (Fsp3) is 0.364. The number of furan rings is 1. The molecule has 0 radical (unpaired) electrons. The van der Waals surface area contributed by atoms with E-state index in [4.69, 9.17) is 13.9 Å². The number of anilines is 1. The minimum atomic E-state index is -0.155. The first-order chi connectivity index (χ1) is 14.1. The Hall–Kier alpha value is -3.06. The van der Waals surface area contributed by atoms with Crippen molar-refractivity contribution in [2.45, 2.75) is 12.8 Å². The van der Waals surface area contributed by atoms with Gasteiger partial charge in [-0.25, -0.2) is 0 Å². The van der Waals surface area contributed by atoms with Gasteiger partial charge in [-0.15, -0.1) is 0 Å². The van der Waals surface area contributed by atoms with Crippen LogP contribution in [0.5, 0.6) is 5.75 Å². The van der Waals surface area contributed by atoms with Gasteiger partial charge in [-0.2, -0.15) is 0 Å². The van der Waals surface area contributed by atoms with E-state index in [9.17, 15) is 9.59 Å². The zero-order valence-corrected chi connectivity index (χ0v) is 16.6. The van der Waals surface area contributed by atoms with Crippen LogP contribution in [0.4, 0.5) is 5.69 Å². The normalized spacial score (nSPS) is 19.2. The Morgan fingerprint density at radius 3 is 2.59 bits per heavy atom. The van der Waals surface area contributed by atoms with Gasteiger partial charge in [0.25, 0.3) is 5.91 Å². The summed E-state index contributed by atoms with van der Waals surface area (Å²) in [4.78, 5) is 25.4. The smallest absolute Gasteiger partial charge is 0.309 e. The zero-order chi connectivity index (χ0) is 20.4. The van der Waals surface area contributed by atoms with E-state index < -0.39 is 0 Å². The number of benzene rings is 2. The first-order valence-corrected chi connectivity index (χ1v) is 9.79. The van der Waals surface area contributed by atoms with Crippen LogP contribution in [0.25, 0.3) is 21.9 Å². The Kier molecular flexibility index (Phi) is 5.40. The molecule has 3 aromatic rings. The maximum absolute atomic E-state index is 12.6. The lowest BCUT2D eigenvalue weighted by molar-refractivity contribution is -0.897. The van der Waals surface area contributed by atoms with E-state index >= 15 is 0 Å². The van der Waals surface area contributed by atoms with Gasteiger partial charge >= 0.3 is 5.97 Å². The summed E-state index contributed by atoms with van der Waals surface area (Å²) in [5.41, 5.74) is 2.09. The standard InChI is InChI=1S/C22H24N2O5/c1-27-20-11-16-15-5-3-4-6-18(15)29-19(16)12-17(20)23-21(25)13-24-9-7-14(8-10-24)22(26)28-2/h3-6,11-12,14H,7-10,13H2,1-2H3,(H,23,25)/p+1. The number of hydrogen-bond acceptors (Lipinski definition) is 5. The van der Waals surface area contributed by atoms with Crippen molar-refractivity contribution in [3.8, 4) is 5.75 Å². The minimum absolute atomic E-state index is 0.0533. The lowest BCUT2D eigenvalue weighted by atomic mass is 9.97. The van der Waals surface area contributed by atoms with Gasteiger partial charge in [0.15, 0.2) is 6.54 Å². The minimum Gasteiger partial charge on any atom is -0.495 e. The van der Waals surface area contributed by atoms with E-state index in [1.165, 1.54) is 7.11 Å². The van der Waals surface area contributed by atoms with Gasteiger partial charge in [0.2, 0.25) is 0 Å². The summed E-state index contributed by atoms with van der Waals surface area (Å²) in [6.07, 6.45) is 1.48. The third-order valence-corrected chi connectivity index (χ3v) is 5.61. The van der Waals surface area contributed by atoms with Crippen LogP contribution >= 0.6 is 0 Å². The predicted octanol–water partition coefficient (Wildman–Crippen LogP) is 2.00. The molecule has 0 unspecified atom stereocenters. The molecule has 1 aliphatic heterocycles. The van der Waals surface area contributed by atoms with E-state index in [-0.39, 0.29) is 17.8 Å². The molecule has 1 aliphatic rings. The van der Waals surface area contributed by atoms with Crippen molar-refractivity contribution in [2.24, 2.45) is 5.92 Å². The first kappa shape index (κ1) is 19.3. The fourth-order valence-corrected chi connectivity index (χ4v) is 4.04. The van der Waals surface area contributed by atoms with Crippen LogP contribution in [0.15, 0.2) is 40.8 Å². The highest BCUT2D eigenvalue weighted by atomic mass is 16.5. The summed E-state index contributed by atoms with van der Waals surface area (Å²) >= 11 is 0. The molecule has 0 aliphatic carbocycles. The molecule has 2 N–H and O–H groups in total. The highest BCUT2D eigenvalue weighted by Crippen LogP contribution is 2.36. The summed E-state index contributed by atoms with van der Waals surface area (Å²) in [6, 6.07) is 11.5. The Bertz CT molecular complexity index is 1050. The number of quaternary nitrogens is 1. The maximum Gasteiger partial charge on any atom is 0.309 e. The highest BCUT2D eigenvalue weighted by molar-refractivity contribution is 6.07. The van der Waals surface area contributed by atoms with E-state index in [2.05, 4.69) is 5.32 Å². The second kappa shape index (κ2) is 8.13. The number of fused-ring (bicyclic) bond motifs is 3. The quantitative estimate of drug-likeness (QED) is 0.644. The topological polar surface area (TPSA) is 82.2 Å². The van der Waals surface area contributed by atoms with Crippen molar-refractivity contribution < 1.29 is 28.4 Å². The molecule has 29 heavy (non-hydrogen) atoms. The van der Waals surface area contributed by atoms with Crippen molar-refractivity contribution >= 4 is 39.5 Å². The summed E-state index contributed by atoms with van der Waals surface area (Å²) in [5, 5.41) is 4.91. The number of hydrogen-bond donors (Lipinski definition) is 2. The van der Waals surface area contributed by atoms with Gasteiger partial charge in [-0.3, -0.25) is 9.59 Å². The molecule has 7 nitrogen and oxygen atoms in total. The Morgan fingerprint density at radius 1 is 1.10 bits per heavy atom. The predicted molar refractivity (Wildman–Crippen MR) is 109 cm³/mol. The Labute approximate surface area is 168 Å². The second-order valence-electron chi connectivity index (χ2n) is 7.42. The highest BCUT2D eigenvalue weighted by Gasteiger charge is 2.29. The number of carbonyl (C=O) groups is 2. The summed E-state index contributed by atoms with van der Waals surface area (Å²) in [7, 11) is 3.00. The van der Waals surface area contributed by atoms with Gasteiger partial charge in [-0.05, 0) is 12.1 Å². The van der Waals surface area contributed by atoms with Gasteiger partial charge < -0.3 is 24.1 Å². The van der Waals surface area contributed by atoms with Crippen LogP contribution in [-0.2, 0) is 14.3 Å². The lowest BCUT2D eigenvalue weighted by Gasteiger charge is -2.27. The molecule has 1 saturated heterocycles. The lowest BCUT2D eigenvalue weighted by Crippen LogP contribution is -3.14. The number of ether oxygens (including phenoxy) is 2. The Morgan fingerprint density at radius 2 is 1.86 bits per heavy atom. The van der Waals surface area contributed by atoms with E-state index in [1.54, 1.807) is 7.11 Å². The SMILES string of the molecule is COC(=O)C1CC[NH+](CC(=O)Nc2cc3oc4ccccc4c3cc2OC)CC1. The molecular weight excluding hydrogens is 372 g/mol. The first-order valence-electron chi connectivity index (χ1n) is 9.79. The van der Waals surface area contributed by atoms with E-state index in [0.717, 1.165) is 47.2 Å². The van der Waals surface area contributed by atoms with Gasteiger partial charge in [0, 0.05) is 29.7 Å². The summed E-state index contributed by atoms with van der Waals surface area (Å²) in [6.45, 7) is 1.88. The van der Waals surface area contributed by atoms with Gasteiger partial charge in [0.1, 0.15) is 16.9 Å². The molecule has 1 amide bonds. The molecule has 2 aromatic carbocycles. The van der Waals surface area contributed by atoms with Crippen LogP contribution < -0.4 is 15.0 Å². The number of para-hydroxylation sites is 1. The van der Waals surface area contributed by atoms with Crippen LogP contribution in [-0.4, -0.2) is 45.7 Å². The number of rotatable bonds is 5. The van der Waals surface area contributed by atoms with Crippen molar-refractivity contribution in [3.63, 3.8) is 0 Å². The van der Waals surface area contributed by atoms with Crippen molar-refractivity contribution in [3.05, 3.63) is 36.4 Å². The molecule has 1 aromatic heterocycles. The largest absolute Gasteiger partial charge is 0.495 e. The van der Waals surface area contributed by atoms with Crippen molar-refractivity contribution in [1.29, 1.82) is 0 Å². The monoisotopic (exact) mass is 397 g/mol. The molecule has 0 saturated carbocycles. The van der Waals surface area contributed by atoms with Crippen LogP contribution in [0, 0.1) is 5.92 Å². The number of likely N-dealkylation sites (tertiary alicyclic amines) is 1. The van der Waals surface area contributed by atoms with Crippen LogP contribution in [0.2, 0.25) is 0 Å². The van der Waals surface area contributed by atoms with Gasteiger partial charge in [0.05, 0.1) is 38.9 Å². The van der Waals surface area contributed by atoms with Crippen LogP contribution in [0.3, 0.4) is 0 Å². The van der Waals surface area contributed by atoms with Crippen molar-refractivity contribution in [1.82, 2.24) is 0 Å².